The molecule has 0 aliphatic carbocycles. The van der Waals surface area contributed by atoms with Crippen molar-refractivity contribution in [2.45, 2.75) is 25.9 Å². The smallest absolute Gasteiger partial charge is 0.221 e. The first-order valence-electron chi connectivity index (χ1n) is 12.2. The van der Waals surface area contributed by atoms with Gasteiger partial charge >= 0.3 is 0 Å². The van der Waals surface area contributed by atoms with E-state index < -0.39 is 0 Å². The summed E-state index contributed by atoms with van der Waals surface area (Å²) in [6.45, 7) is 3.55. The summed E-state index contributed by atoms with van der Waals surface area (Å²) in [5.41, 5.74) is 5.38. The Morgan fingerprint density at radius 3 is 2.42 bits per heavy atom. The van der Waals surface area contributed by atoms with Crippen LogP contribution in [0, 0.1) is 6.92 Å². The maximum Gasteiger partial charge on any atom is 0.221 e. The van der Waals surface area contributed by atoms with Gasteiger partial charge in [-0.15, -0.1) is 0 Å². The Kier molecular flexibility index (Phi) is 7.02. The Bertz CT molecular complexity index is 1470. The second kappa shape index (κ2) is 10.5. The van der Waals surface area contributed by atoms with E-state index in [2.05, 4.69) is 44.1 Å². The molecular formula is C29H29N5O3S. The first-order chi connectivity index (χ1) is 18.4. The molecule has 2 N–H and O–H groups in total. The maximum absolute atomic E-state index is 11.9. The average Bonchev–Trinajstić information content (AvgIpc) is 3.48. The highest BCUT2D eigenvalue weighted by Gasteiger charge is 2.42. The van der Waals surface area contributed by atoms with E-state index in [1.54, 1.807) is 20.4 Å². The molecular weight excluding hydrogens is 498 g/mol. The molecule has 0 spiro atoms. The number of anilines is 2. The minimum absolute atomic E-state index is 0.186. The SMILES string of the molecule is COc1ccc(-n2c(C)ccc2[C@@H]2[C@H](c3ccccn3)NC(=S)N2c2ccc(OC)c(NC(C)=O)c2)cc1. The summed E-state index contributed by atoms with van der Waals surface area (Å²) in [5, 5.41) is 6.93. The largest absolute Gasteiger partial charge is 0.497 e. The van der Waals surface area contributed by atoms with Crippen molar-refractivity contribution in [2.75, 3.05) is 24.4 Å². The first kappa shape index (κ1) is 25.3. The van der Waals surface area contributed by atoms with Gasteiger partial charge in [0.2, 0.25) is 5.91 Å². The van der Waals surface area contributed by atoms with E-state index in [-0.39, 0.29) is 18.0 Å². The summed E-state index contributed by atoms with van der Waals surface area (Å²) in [6.07, 6.45) is 1.79. The van der Waals surface area contributed by atoms with Crippen LogP contribution in [0.3, 0.4) is 0 Å². The van der Waals surface area contributed by atoms with Gasteiger partial charge in [0.05, 0.1) is 31.6 Å². The number of benzene rings is 2. The lowest BCUT2D eigenvalue weighted by molar-refractivity contribution is -0.114. The molecule has 38 heavy (non-hydrogen) atoms. The number of carbonyl (C=O) groups excluding carboxylic acids is 1. The lowest BCUT2D eigenvalue weighted by Crippen LogP contribution is -2.30. The number of hydrogen-bond acceptors (Lipinski definition) is 5. The Hall–Kier alpha value is -4.37. The number of hydrogen-bond donors (Lipinski definition) is 2. The van der Waals surface area contributed by atoms with Crippen LogP contribution in [0.25, 0.3) is 5.69 Å². The summed E-state index contributed by atoms with van der Waals surface area (Å²) in [7, 11) is 3.23. The molecule has 0 unspecified atom stereocenters. The Balaban J connectivity index is 1.68. The van der Waals surface area contributed by atoms with Gasteiger partial charge in [-0.2, -0.15) is 0 Å². The lowest BCUT2D eigenvalue weighted by atomic mass is 10.0. The molecule has 8 nitrogen and oxygen atoms in total. The number of rotatable bonds is 7. The summed E-state index contributed by atoms with van der Waals surface area (Å²) < 4.78 is 13.1. The maximum atomic E-state index is 11.9. The fourth-order valence-electron chi connectivity index (χ4n) is 4.94. The summed E-state index contributed by atoms with van der Waals surface area (Å²) >= 11 is 5.91. The Labute approximate surface area is 227 Å². The van der Waals surface area contributed by atoms with Crippen LogP contribution in [-0.2, 0) is 4.79 Å². The van der Waals surface area contributed by atoms with Crippen LogP contribution in [0.1, 0.15) is 36.1 Å². The molecule has 2 aromatic carbocycles. The van der Waals surface area contributed by atoms with Gasteiger partial charge in [0, 0.05) is 35.9 Å². The van der Waals surface area contributed by atoms with Gasteiger partial charge < -0.3 is 29.6 Å². The lowest BCUT2D eigenvalue weighted by Gasteiger charge is -2.30. The van der Waals surface area contributed by atoms with Crippen molar-refractivity contribution >= 4 is 34.6 Å². The molecule has 0 bridgehead atoms. The standard InChI is InChI=1S/C29H29N5O3S/c1-18-8-14-25(33(18)20-9-12-22(36-3)13-10-20)28-27(23-7-5-6-16-30-23)32-29(38)34(28)21-11-15-26(37-4)24(17-21)31-19(2)35/h5-17,27-28H,1-4H3,(H,31,35)(H,32,38)/t27-,28+/m0/s1. The van der Waals surface area contributed by atoms with E-state index in [4.69, 9.17) is 21.7 Å². The molecule has 3 heterocycles. The minimum atomic E-state index is -0.244. The summed E-state index contributed by atoms with van der Waals surface area (Å²) in [4.78, 5) is 18.7. The second-order valence-corrected chi connectivity index (χ2v) is 9.38. The van der Waals surface area contributed by atoms with Crippen molar-refractivity contribution in [1.82, 2.24) is 14.9 Å². The molecule has 1 amide bonds. The van der Waals surface area contributed by atoms with Crippen molar-refractivity contribution in [3.63, 3.8) is 0 Å². The molecule has 1 aliphatic rings. The normalized spacial score (nSPS) is 16.7. The molecule has 0 radical (unpaired) electrons. The number of nitrogens with zero attached hydrogens (tertiary/aromatic N) is 3. The molecule has 2 aromatic heterocycles. The minimum Gasteiger partial charge on any atom is -0.497 e. The van der Waals surface area contributed by atoms with Gasteiger partial charge in [-0.1, -0.05) is 6.07 Å². The number of aromatic nitrogens is 2. The summed E-state index contributed by atoms with van der Waals surface area (Å²) in [6, 6.07) is 23.3. The number of aryl methyl sites for hydroxylation is 1. The van der Waals surface area contributed by atoms with Crippen molar-refractivity contribution in [3.05, 3.63) is 96.1 Å². The van der Waals surface area contributed by atoms with Gasteiger partial charge in [0.1, 0.15) is 17.5 Å². The molecule has 1 saturated heterocycles. The number of amides is 1. The highest BCUT2D eigenvalue weighted by molar-refractivity contribution is 7.80. The fraction of sp³-hybridized carbons (Fsp3) is 0.207. The quantitative estimate of drug-likeness (QED) is 0.314. The molecule has 0 saturated carbocycles. The van der Waals surface area contributed by atoms with Gasteiger partial charge in [-0.05, 0) is 85.9 Å². The number of ether oxygens (including phenoxy) is 2. The molecule has 9 heteroatoms. The summed E-state index contributed by atoms with van der Waals surface area (Å²) in [5.74, 6) is 1.17. The van der Waals surface area contributed by atoms with Crippen molar-refractivity contribution in [2.24, 2.45) is 0 Å². The fourth-order valence-corrected chi connectivity index (χ4v) is 5.29. The Morgan fingerprint density at radius 2 is 1.76 bits per heavy atom. The van der Waals surface area contributed by atoms with E-state index in [0.29, 0.717) is 16.5 Å². The van der Waals surface area contributed by atoms with Crippen LogP contribution in [0.5, 0.6) is 11.5 Å². The van der Waals surface area contributed by atoms with Crippen LogP contribution in [0.15, 0.2) is 79.0 Å². The molecule has 194 valence electrons. The van der Waals surface area contributed by atoms with Gasteiger partial charge in [0.25, 0.3) is 0 Å². The first-order valence-corrected chi connectivity index (χ1v) is 12.6. The Morgan fingerprint density at radius 1 is 1.00 bits per heavy atom. The third-order valence-electron chi connectivity index (χ3n) is 6.61. The van der Waals surface area contributed by atoms with Crippen LogP contribution in [0.4, 0.5) is 11.4 Å². The third kappa shape index (κ3) is 4.68. The van der Waals surface area contributed by atoms with Crippen LogP contribution in [0.2, 0.25) is 0 Å². The van der Waals surface area contributed by atoms with Crippen molar-refractivity contribution < 1.29 is 14.3 Å². The molecule has 1 aliphatic heterocycles. The topological polar surface area (TPSA) is 80.7 Å². The zero-order chi connectivity index (χ0) is 26.8. The van der Waals surface area contributed by atoms with Gasteiger partial charge in [0.15, 0.2) is 5.11 Å². The number of methoxy groups -OCH3 is 2. The van der Waals surface area contributed by atoms with E-state index in [9.17, 15) is 4.79 Å². The molecule has 2 atom stereocenters. The number of thiocarbonyl (C=S) groups is 1. The van der Waals surface area contributed by atoms with Gasteiger partial charge in [-0.25, -0.2) is 0 Å². The monoisotopic (exact) mass is 527 g/mol. The third-order valence-corrected chi connectivity index (χ3v) is 6.92. The van der Waals surface area contributed by atoms with Gasteiger partial charge in [-0.3, -0.25) is 9.78 Å². The van der Waals surface area contributed by atoms with Crippen molar-refractivity contribution in [3.8, 4) is 17.2 Å². The van der Waals surface area contributed by atoms with E-state index in [1.165, 1.54) is 6.92 Å². The number of carbonyl (C=O) groups is 1. The van der Waals surface area contributed by atoms with Crippen molar-refractivity contribution in [1.29, 1.82) is 0 Å². The highest BCUT2D eigenvalue weighted by atomic mass is 32.1. The average molecular weight is 528 g/mol. The second-order valence-electron chi connectivity index (χ2n) is 9.00. The zero-order valence-corrected chi connectivity index (χ0v) is 22.5. The highest BCUT2D eigenvalue weighted by Crippen LogP contribution is 2.44. The van der Waals surface area contributed by atoms with Crippen LogP contribution >= 0.6 is 12.2 Å². The number of nitrogens with one attached hydrogen (secondary N) is 2. The van der Waals surface area contributed by atoms with E-state index in [1.807, 2.05) is 60.7 Å². The number of pyridine rings is 1. The van der Waals surface area contributed by atoms with Crippen LogP contribution in [-0.4, -0.2) is 34.8 Å². The molecule has 1 fully saturated rings. The van der Waals surface area contributed by atoms with E-state index in [0.717, 1.165) is 34.2 Å². The molecule has 5 rings (SSSR count). The predicted molar refractivity (Wildman–Crippen MR) is 152 cm³/mol. The molecule has 4 aromatic rings. The van der Waals surface area contributed by atoms with Crippen LogP contribution < -0.4 is 25.0 Å². The van der Waals surface area contributed by atoms with E-state index >= 15 is 0 Å². The zero-order valence-electron chi connectivity index (χ0n) is 21.6. The predicted octanol–water partition coefficient (Wildman–Crippen LogP) is 5.33.